The van der Waals surface area contributed by atoms with Gasteiger partial charge in [-0.05, 0) is 17.7 Å². The van der Waals surface area contributed by atoms with Crippen LogP contribution in [0.5, 0.6) is 5.75 Å². The summed E-state index contributed by atoms with van der Waals surface area (Å²) in [5.74, 6) is 0.668. The minimum absolute atomic E-state index is 0.474. The van der Waals surface area contributed by atoms with Gasteiger partial charge in [-0.1, -0.05) is 23.8 Å². The van der Waals surface area contributed by atoms with Gasteiger partial charge in [-0.3, -0.25) is 0 Å². The van der Waals surface area contributed by atoms with Crippen LogP contribution in [0.4, 0.5) is 0 Å². The van der Waals surface area contributed by atoms with E-state index in [2.05, 4.69) is 0 Å². The molecule has 0 aliphatic heterocycles. The van der Waals surface area contributed by atoms with Crippen molar-refractivity contribution in [2.24, 2.45) is 5.73 Å². The number of fused-ring (bicyclic) bond motifs is 1. The van der Waals surface area contributed by atoms with E-state index in [4.69, 9.17) is 26.5 Å². The molecule has 0 amide bonds. The van der Waals surface area contributed by atoms with Crippen molar-refractivity contribution in [3.63, 3.8) is 0 Å². The van der Waals surface area contributed by atoms with E-state index in [-0.39, 0.29) is 0 Å². The number of hydrogen-bond donors (Lipinski definition) is 1. The number of halogens is 1. The van der Waals surface area contributed by atoms with Gasteiger partial charge in [0.25, 0.3) is 0 Å². The SMILES string of the molecule is COc1cc(/C=C/CN)c(Cl)c2ccoc12. The number of ether oxygens (including phenoxy) is 1. The van der Waals surface area contributed by atoms with Crippen LogP contribution in [0.3, 0.4) is 0 Å². The molecule has 1 aromatic heterocycles. The fourth-order valence-corrected chi connectivity index (χ4v) is 1.83. The van der Waals surface area contributed by atoms with Crippen molar-refractivity contribution < 1.29 is 9.15 Å². The lowest BCUT2D eigenvalue weighted by Gasteiger charge is -2.05. The fraction of sp³-hybridized carbons (Fsp3) is 0.167. The Hall–Kier alpha value is -1.45. The van der Waals surface area contributed by atoms with E-state index in [9.17, 15) is 0 Å². The standard InChI is InChI=1S/C12H12ClNO2/c1-15-10-7-8(3-2-5-14)11(13)9-4-6-16-12(9)10/h2-4,6-7H,5,14H2,1H3/b3-2+. The maximum absolute atomic E-state index is 6.24. The number of rotatable bonds is 3. The minimum atomic E-state index is 0.474. The summed E-state index contributed by atoms with van der Waals surface area (Å²) in [6.45, 7) is 0.474. The van der Waals surface area contributed by atoms with Gasteiger partial charge in [0.15, 0.2) is 11.3 Å². The van der Waals surface area contributed by atoms with Crippen LogP contribution in [0.1, 0.15) is 5.56 Å². The second-order valence-corrected chi connectivity index (χ2v) is 3.66. The molecule has 2 rings (SSSR count). The second kappa shape index (κ2) is 4.60. The summed E-state index contributed by atoms with van der Waals surface area (Å²) >= 11 is 6.24. The van der Waals surface area contributed by atoms with Crippen LogP contribution in [-0.2, 0) is 0 Å². The topological polar surface area (TPSA) is 48.4 Å². The molecule has 0 saturated carbocycles. The van der Waals surface area contributed by atoms with Crippen LogP contribution in [-0.4, -0.2) is 13.7 Å². The van der Waals surface area contributed by atoms with Crippen LogP contribution >= 0.6 is 11.6 Å². The third kappa shape index (κ3) is 1.79. The van der Waals surface area contributed by atoms with E-state index >= 15 is 0 Å². The highest BCUT2D eigenvalue weighted by atomic mass is 35.5. The van der Waals surface area contributed by atoms with Crippen molar-refractivity contribution in [1.29, 1.82) is 0 Å². The number of furan rings is 1. The van der Waals surface area contributed by atoms with E-state index in [1.807, 2.05) is 24.3 Å². The molecule has 16 heavy (non-hydrogen) atoms. The summed E-state index contributed by atoms with van der Waals surface area (Å²) in [6.07, 6.45) is 5.30. The lowest BCUT2D eigenvalue weighted by atomic mass is 10.1. The maximum atomic E-state index is 6.24. The Morgan fingerprint density at radius 3 is 3.06 bits per heavy atom. The van der Waals surface area contributed by atoms with Crippen molar-refractivity contribution in [3.8, 4) is 5.75 Å². The molecule has 0 spiro atoms. The van der Waals surface area contributed by atoms with Crippen molar-refractivity contribution in [2.45, 2.75) is 0 Å². The molecule has 2 aromatic rings. The van der Waals surface area contributed by atoms with Crippen LogP contribution in [0.15, 0.2) is 28.9 Å². The first-order valence-electron chi connectivity index (χ1n) is 4.88. The molecule has 0 saturated heterocycles. The van der Waals surface area contributed by atoms with Gasteiger partial charge >= 0.3 is 0 Å². The molecule has 0 aliphatic carbocycles. The van der Waals surface area contributed by atoms with Crippen molar-refractivity contribution in [1.82, 2.24) is 0 Å². The number of methoxy groups -OCH3 is 1. The minimum Gasteiger partial charge on any atom is -0.493 e. The number of benzene rings is 1. The fourth-order valence-electron chi connectivity index (χ4n) is 1.57. The predicted octanol–water partition coefficient (Wildman–Crippen LogP) is 3.07. The average Bonchev–Trinajstić information content (AvgIpc) is 2.78. The zero-order chi connectivity index (χ0) is 11.5. The van der Waals surface area contributed by atoms with Crippen LogP contribution in [0, 0.1) is 0 Å². The van der Waals surface area contributed by atoms with Gasteiger partial charge in [0.2, 0.25) is 0 Å². The number of hydrogen-bond acceptors (Lipinski definition) is 3. The Bertz CT molecular complexity index is 531. The van der Waals surface area contributed by atoms with E-state index in [1.54, 1.807) is 13.4 Å². The Kier molecular flexibility index (Phi) is 3.17. The first kappa shape index (κ1) is 11.0. The first-order chi connectivity index (χ1) is 7.77. The summed E-state index contributed by atoms with van der Waals surface area (Å²) in [4.78, 5) is 0. The molecule has 0 unspecified atom stereocenters. The van der Waals surface area contributed by atoms with Gasteiger partial charge in [0.1, 0.15) is 0 Å². The van der Waals surface area contributed by atoms with Gasteiger partial charge < -0.3 is 14.9 Å². The van der Waals surface area contributed by atoms with Gasteiger partial charge in [0.05, 0.1) is 18.4 Å². The van der Waals surface area contributed by atoms with Crippen LogP contribution in [0.25, 0.3) is 17.0 Å². The van der Waals surface area contributed by atoms with Crippen molar-refractivity contribution in [2.75, 3.05) is 13.7 Å². The molecule has 4 heteroatoms. The summed E-state index contributed by atoms with van der Waals surface area (Å²) in [5, 5.41) is 1.49. The number of nitrogens with two attached hydrogens (primary N) is 1. The molecule has 0 atom stereocenters. The Labute approximate surface area is 98.4 Å². The molecule has 1 aromatic carbocycles. The molecule has 0 bridgehead atoms. The first-order valence-corrected chi connectivity index (χ1v) is 5.26. The van der Waals surface area contributed by atoms with E-state index < -0.39 is 0 Å². The molecule has 0 aliphatic rings. The molecule has 0 fully saturated rings. The highest BCUT2D eigenvalue weighted by Gasteiger charge is 2.11. The third-order valence-electron chi connectivity index (χ3n) is 2.32. The molecule has 2 N–H and O–H groups in total. The van der Waals surface area contributed by atoms with E-state index in [1.165, 1.54) is 0 Å². The van der Waals surface area contributed by atoms with Crippen LogP contribution in [0.2, 0.25) is 5.02 Å². The van der Waals surface area contributed by atoms with Gasteiger partial charge in [-0.25, -0.2) is 0 Å². The highest BCUT2D eigenvalue weighted by molar-refractivity contribution is 6.37. The van der Waals surface area contributed by atoms with Crippen molar-refractivity contribution >= 4 is 28.6 Å². The Morgan fingerprint density at radius 2 is 2.38 bits per heavy atom. The molecule has 0 radical (unpaired) electrons. The largest absolute Gasteiger partial charge is 0.493 e. The zero-order valence-corrected chi connectivity index (χ0v) is 9.62. The lowest BCUT2D eigenvalue weighted by molar-refractivity contribution is 0.410. The quantitative estimate of drug-likeness (QED) is 0.893. The van der Waals surface area contributed by atoms with Gasteiger partial charge in [0, 0.05) is 11.9 Å². The maximum Gasteiger partial charge on any atom is 0.177 e. The van der Waals surface area contributed by atoms with E-state index in [0.717, 1.165) is 10.9 Å². The Balaban J connectivity index is 2.66. The average molecular weight is 238 g/mol. The summed E-state index contributed by atoms with van der Waals surface area (Å²) in [5.41, 5.74) is 6.95. The summed E-state index contributed by atoms with van der Waals surface area (Å²) in [6, 6.07) is 3.65. The highest BCUT2D eigenvalue weighted by Crippen LogP contribution is 2.35. The smallest absolute Gasteiger partial charge is 0.177 e. The molecule has 84 valence electrons. The molecular formula is C12H12ClNO2. The lowest BCUT2D eigenvalue weighted by Crippen LogP contribution is -1.92. The normalized spacial score (nSPS) is 11.4. The molecule has 3 nitrogen and oxygen atoms in total. The van der Waals surface area contributed by atoms with Gasteiger partial charge in [-0.2, -0.15) is 0 Å². The molecule has 1 heterocycles. The van der Waals surface area contributed by atoms with Crippen molar-refractivity contribution in [3.05, 3.63) is 35.1 Å². The van der Waals surface area contributed by atoms with E-state index in [0.29, 0.717) is 22.9 Å². The predicted molar refractivity (Wildman–Crippen MR) is 65.9 cm³/mol. The van der Waals surface area contributed by atoms with Gasteiger partial charge in [-0.15, -0.1) is 0 Å². The summed E-state index contributed by atoms with van der Waals surface area (Å²) in [7, 11) is 1.60. The second-order valence-electron chi connectivity index (χ2n) is 3.28. The molecular weight excluding hydrogens is 226 g/mol. The third-order valence-corrected chi connectivity index (χ3v) is 2.74. The summed E-state index contributed by atoms with van der Waals surface area (Å²) < 4.78 is 10.6. The zero-order valence-electron chi connectivity index (χ0n) is 8.87. The van der Waals surface area contributed by atoms with Crippen LogP contribution < -0.4 is 10.5 Å². The monoisotopic (exact) mass is 237 g/mol. The Morgan fingerprint density at radius 1 is 1.56 bits per heavy atom.